The molecular formula is C14H21N5O8P+. The number of ether oxygens (including phenoxy) is 1. The normalized spacial score (nSPS) is 31.2. The zero-order chi connectivity index (χ0) is 20.1. The van der Waals surface area contributed by atoms with Gasteiger partial charge in [0.15, 0.2) is 17.0 Å². The molecule has 2 fully saturated rings. The first-order valence-electron chi connectivity index (χ1n) is 8.57. The molecule has 28 heavy (non-hydrogen) atoms. The minimum Gasteiger partial charge on any atom is -0.390 e. The molecule has 0 aliphatic carbocycles. The van der Waals surface area contributed by atoms with E-state index in [-0.39, 0.29) is 19.5 Å². The van der Waals surface area contributed by atoms with Gasteiger partial charge in [0.2, 0.25) is 0 Å². The number of β-amino-alcohol motifs (C(OH)–C–C–N with tert-alkyl or cyclic N) is 2. The lowest BCUT2D eigenvalue weighted by atomic mass is 10.2. The fourth-order valence-electron chi connectivity index (χ4n) is 3.43. The van der Waals surface area contributed by atoms with E-state index in [0.29, 0.717) is 17.0 Å². The smallest absolute Gasteiger partial charge is 0.390 e. The van der Waals surface area contributed by atoms with E-state index in [1.165, 1.54) is 12.7 Å². The Morgan fingerprint density at radius 3 is 2.46 bits per heavy atom. The molecule has 0 radical (unpaired) electrons. The Labute approximate surface area is 159 Å². The molecule has 0 aromatic carbocycles. The van der Waals surface area contributed by atoms with Gasteiger partial charge in [0.25, 0.3) is 0 Å². The van der Waals surface area contributed by atoms with E-state index < -0.39 is 45.4 Å². The predicted molar refractivity (Wildman–Crippen MR) is 93.6 cm³/mol. The van der Waals surface area contributed by atoms with E-state index in [1.807, 2.05) is 0 Å². The molecule has 0 bridgehead atoms. The lowest BCUT2D eigenvalue weighted by molar-refractivity contribution is -0.0451. The van der Waals surface area contributed by atoms with Gasteiger partial charge in [-0.15, -0.1) is 0 Å². The summed E-state index contributed by atoms with van der Waals surface area (Å²) in [6.45, 7) is 0.0322. The number of anilines is 1. The highest BCUT2D eigenvalue weighted by atomic mass is 31.2. The van der Waals surface area contributed by atoms with E-state index in [4.69, 9.17) is 19.4 Å². The predicted octanol–water partition coefficient (Wildman–Crippen LogP) is -2.31. The van der Waals surface area contributed by atoms with Gasteiger partial charge in [-0.3, -0.25) is 4.57 Å². The molecular weight excluding hydrogens is 397 g/mol. The van der Waals surface area contributed by atoms with Gasteiger partial charge < -0.3 is 25.0 Å². The number of fused-ring (bicyclic) bond motifs is 1. The zero-order valence-corrected chi connectivity index (χ0v) is 15.4. The van der Waals surface area contributed by atoms with Gasteiger partial charge in [-0.1, -0.05) is 0 Å². The van der Waals surface area contributed by atoms with Gasteiger partial charge in [-0.2, -0.15) is 19.2 Å². The second kappa shape index (κ2) is 7.37. The minimum atomic E-state index is -4.42. The summed E-state index contributed by atoms with van der Waals surface area (Å²) < 4.78 is 11.8. The molecule has 14 heteroatoms. The lowest BCUT2D eigenvalue weighted by Gasteiger charge is -2.17. The maximum atomic E-state index is 10.1. The quantitative estimate of drug-likeness (QED) is 0.285. The Kier molecular flexibility index (Phi) is 5.20. The molecule has 0 saturated carbocycles. The third-order valence-electron chi connectivity index (χ3n) is 4.82. The summed E-state index contributed by atoms with van der Waals surface area (Å²) in [6, 6.07) is 0. The summed E-state index contributed by atoms with van der Waals surface area (Å²) in [7, 11) is -4.42. The van der Waals surface area contributed by atoms with Crippen LogP contribution in [0.3, 0.4) is 0 Å². The van der Waals surface area contributed by atoms with Crippen molar-refractivity contribution in [3.05, 3.63) is 12.7 Å². The number of aliphatic hydroxyl groups excluding tert-OH is 3. The van der Waals surface area contributed by atoms with Gasteiger partial charge >= 0.3 is 8.17 Å². The van der Waals surface area contributed by atoms with Crippen molar-refractivity contribution in [2.24, 2.45) is 0 Å². The topological polar surface area (TPSA) is 187 Å². The van der Waals surface area contributed by atoms with Crippen molar-refractivity contribution >= 4 is 25.2 Å². The van der Waals surface area contributed by atoms with Crippen LogP contribution in [0.1, 0.15) is 12.6 Å². The zero-order valence-electron chi connectivity index (χ0n) is 14.6. The van der Waals surface area contributed by atoms with Crippen molar-refractivity contribution < 1.29 is 39.3 Å². The SMILES string of the molecule is O[C@H]1CN(c2ncnc3c2ncn3[C@H]2C[C@H](O)[C@@H](CO[P+](O)(O)O)O2)C[C@@H]1O. The van der Waals surface area contributed by atoms with Gasteiger partial charge in [-0.05, 0) is 0 Å². The standard InChI is InChI=1S/C14H21N5O8P/c20-7-1-11(27-10(7)4-26-28(23,24)25)19-6-17-12-13(15-5-16-14(12)19)18-2-8(21)9(22)3-18/h5-11,20-25H,1-4H2/q+1/t7-,8-,9-,10+,11+/m0/s1. The molecule has 2 aromatic heterocycles. The highest BCUT2D eigenvalue weighted by Gasteiger charge is 2.41. The molecule has 4 rings (SSSR count). The summed E-state index contributed by atoms with van der Waals surface area (Å²) in [5.74, 6) is 0.466. The molecule has 2 aliphatic heterocycles. The molecule has 2 saturated heterocycles. The van der Waals surface area contributed by atoms with Crippen molar-refractivity contribution in [3.8, 4) is 0 Å². The average molecular weight is 418 g/mol. The van der Waals surface area contributed by atoms with Crippen LogP contribution in [0.2, 0.25) is 0 Å². The molecule has 2 aliphatic rings. The van der Waals surface area contributed by atoms with Crippen LogP contribution >= 0.6 is 8.17 Å². The van der Waals surface area contributed by atoms with Crippen molar-refractivity contribution in [1.29, 1.82) is 0 Å². The molecule has 0 unspecified atom stereocenters. The van der Waals surface area contributed by atoms with E-state index >= 15 is 0 Å². The number of hydrogen-bond donors (Lipinski definition) is 6. The van der Waals surface area contributed by atoms with Crippen LogP contribution in [0, 0.1) is 0 Å². The number of rotatable bonds is 5. The van der Waals surface area contributed by atoms with Crippen molar-refractivity contribution in [3.63, 3.8) is 0 Å². The van der Waals surface area contributed by atoms with Gasteiger partial charge in [-0.25, -0.2) is 15.0 Å². The highest BCUT2D eigenvalue weighted by molar-refractivity contribution is 7.53. The number of hydrogen-bond acceptors (Lipinski definition) is 12. The summed E-state index contributed by atoms with van der Waals surface area (Å²) in [4.78, 5) is 41.2. The van der Waals surface area contributed by atoms with Crippen molar-refractivity contribution in [2.45, 2.75) is 37.1 Å². The number of aromatic nitrogens is 4. The highest BCUT2D eigenvalue weighted by Crippen LogP contribution is 2.46. The Morgan fingerprint density at radius 2 is 1.79 bits per heavy atom. The maximum absolute atomic E-state index is 10.1. The lowest BCUT2D eigenvalue weighted by Crippen LogP contribution is -2.26. The largest absolute Gasteiger partial charge is 0.567 e. The van der Waals surface area contributed by atoms with Crippen LogP contribution < -0.4 is 4.90 Å². The second-order valence-electron chi connectivity index (χ2n) is 6.80. The molecule has 0 amide bonds. The Bertz CT molecular complexity index is 837. The summed E-state index contributed by atoms with van der Waals surface area (Å²) in [5, 5.41) is 29.7. The Balaban J connectivity index is 1.55. The Hall–Kier alpha value is -1.54. The minimum absolute atomic E-state index is 0.174. The van der Waals surface area contributed by atoms with E-state index in [2.05, 4.69) is 19.5 Å². The number of aliphatic hydroxyl groups is 3. The molecule has 154 valence electrons. The molecule has 5 atom stereocenters. The fraction of sp³-hybridized carbons (Fsp3) is 0.643. The summed E-state index contributed by atoms with van der Waals surface area (Å²) >= 11 is 0. The van der Waals surface area contributed by atoms with Gasteiger partial charge in [0.1, 0.15) is 25.3 Å². The molecule has 6 N–H and O–H groups in total. The van der Waals surface area contributed by atoms with Crippen molar-refractivity contribution in [1.82, 2.24) is 19.5 Å². The van der Waals surface area contributed by atoms with Crippen LogP contribution in [0.4, 0.5) is 5.82 Å². The van der Waals surface area contributed by atoms with Crippen LogP contribution in [-0.2, 0) is 9.26 Å². The maximum Gasteiger partial charge on any atom is 0.567 e. The summed E-state index contributed by atoms with van der Waals surface area (Å²) in [5.41, 5.74) is 0.889. The first-order valence-corrected chi connectivity index (χ1v) is 10.1. The third-order valence-corrected chi connectivity index (χ3v) is 5.32. The van der Waals surface area contributed by atoms with Crippen LogP contribution in [0.25, 0.3) is 11.2 Å². The van der Waals surface area contributed by atoms with E-state index in [1.54, 1.807) is 9.47 Å². The molecule has 13 nitrogen and oxygen atoms in total. The third kappa shape index (κ3) is 3.81. The summed E-state index contributed by atoms with van der Waals surface area (Å²) in [6.07, 6.45) is -1.24. The molecule has 0 spiro atoms. The van der Waals surface area contributed by atoms with Crippen LogP contribution in [0.5, 0.6) is 0 Å². The average Bonchev–Trinajstić information content (AvgIpc) is 3.30. The van der Waals surface area contributed by atoms with Gasteiger partial charge in [0.05, 0.1) is 24.6 Å². The van der Waals surface area contributed by atoms with Gasteiger partial charge in [0, 0.05) is 19.5 Å². The van der Waals surface area contributed by atoms with E-state index in [0.717, 1.165) is 0 Å². The monoisotopic (exact) mass is 418 g/mol. The first kappa shape index (κ1) is 19.8. The number of imidazole rings is 1. The first-order chi connectivity index (χ1) is 13.2. The molecule has 2 aromatic rings. The number of nitrogens with zero attached hydrogens (tertiary/aromatic N) is 5. The van der Waals surface area contributed by atoms with Crippen molar-refractivity contribution in [2.75, 3.05) is 24.6 Å². The molecule has 4 heterocycles. The second-order valence-corrected chi connectivity index (χ2v) is 8.09. The van der Waals surface area contributed by atoms with Crippen LogP contribution in [0.15, 0.2) is 12.7 Å². The Morgan fingerprint density at radius 1 is 1.07 bits per heavy atom. The van der Waals surface area contributed by atoms with E-state index in [9.17, 15) is 15.3 Å². The fourth-order valence-corrected chi connectivity index (χ4v) is 3.78. The van der Waals surface area contributed by atoms with Crippen LogP contribution in [-0.4, -0.2) is 93.6 Å².